The lowest BCUT2D eigenvalue weighted by Gasteiger charge is -2.27. The van der Waals surface area contributed by atoms with Crippen LogP contribution in [0.4, 0.5) is 4.79 Å². The van der Waals surface area contributed by atoms with Crippen LogP contribution >= 0.6 is 0 Å². The summed E-state index contributed by atoms with van der Waals surface area (Å²) in [5.74, 6) is -0.185. The van der Waals surface area contributed by atoms with Crippen LogP contribution in [0.25, 0.3) is 0 Å². The van der Waals surface area contributed by atoms with Crippen molar-refractivity contribution >= 4 is 11.9 Å². The molecule has 0 bridgehead atoms. The zero-order valence-electron chi connectivity index (χ0n) is 12.5. The van der Waals surface area contributed by atoms with E-state index in [1.807, 2.05) is 60.7 Å². The molecule has 0 radical (unpaired) electrons. The molecule has 1 heterocycles. The maximum atomic E-state index is 12.9. The molecule has 0 saturated carbocycles. The van der Waals surface area contributed by atoms with Crippen LogP contribution in [-0.2, 0) is 16.8 Å². The standard InChI is InChI=1S/C18H18N2O2/c1-2-20-16(21)18(19-17(20)22,15-11-7-4-8-12-15)13-14-9-5-3-6-10-14/h3-12H,2,13H2,1H3,(H,19,22)/t18-/m0/s1. The molecule has 1 aliphatic heterocycles. The molecule has 1 aliphatic rings. The van der Waals surface area contributed by atoms with Gasteiger partial charge in [0.15, 0.2) is 5.54 Å². The Morgan fingerprint density at radius 3 is 2.09 bits per heavy atom. The highest BCUT2D eigenvalue weighted by Crippen LogP contribution is 2.32. The number of hydrogen-bond donors (Lipinski definition) is 1. The predicted octanol–water partition coefficient (Wildman–Crippen LogP) is 2.70. The van der Waals surface area contributed by atoms with Gasteiger partial charge in [0.1, 0.15) is 0 Å². The second-order valence-corrected chi connectivity index (χ2v) is 5.41. The zero-order chi connectivity index (χ0) is 15.6. The van der Waals surface area contributed by atoms with Crippen LogP contribution in [0.15, 0.2) is 60.7 Å². The van der Waals surface area contributed by atoms with Gasteiger partial charge >= 0.3 is 6.03 Å². The first kappa shape index (κ1) is 14.3. The molecule has 0 spiro atoms. The fraction of sp³-hybridized carbons (Fsp3) is 0.222. The topological polar surface area (TPSA) is 49.4 Å². The van der Waals surface area contributed by atoms with Crippen LogP contribution in [-0.4, -0.2) is 23.4 Å². The molecule has 1 saturated heterocycles. The Hall–Kier alpha value is -2.62. The molecule has 0 unspecified atom stereocenters. The summed E-state index contributed by atoms with van der Waals surface area (Å²) in [6.45, 7) is 2.18. The molecule has 2 aromatic rings. The maximum absolute atomic E-state index is 12.9. The first-order chi connectivity index (χ1) is 10.7. The molecule has 0 aromatic heterocycles. The van der Waals surface area contributed by atoms with Crippen LogP contribution in [0.2, 0.25) is 0 Å². The van der Waals surface area contributed by atoms with Crippen molar-refractivity contribution in [2.75, 3.05) is 6.54 Å². The van der Waals surface area contributed by atoms with Crippen LogP contribution < -0.4 is 5.32 Å². The smallest absolute Gasteiger partial charge is 0.319 e. The van der Waals surface area contributed by atoms with E-state index in [0.29, 0.717) is 13.0 Å². The number of imide groups is 1. The fourth-order valence-corrected chi connectivity index (χ4v) is 2.96. The number of rotatable bonds is 4. The summed E-state index contributed by atoms with van der Waals surface area (Å²) in [5.41, 5.74) is 0.807. The minimum Gasteiger partial charge on any atom is -0.319 e. The third-order valence-electron chi connectivity index (χ3n) is 4.07. The molecule has 0 aliphatic carbocycles. The molecule has 22 heavy (non-hydrogen) atoms. The van der Waals surface area contributed by atoms with Gasteiger partial charge in [-0.3, -0.25) is 9.69 Å². The van der Waals surface area contributed by atoms with Crippen LogP contribution in [0.3, 0.4) is 0 Å². The minimum absolute atomic E-state index is 0.185. The normalized spacial score (nSPS) is 21.0. The van der Waals surface area contributed by atoms with Gasteiger partial charge in [-0.05, 0) is 18.1 Å². The lowest BCUT2D eigenvalue weighted by Crippen LogP contribution is -2.46. The van der Waals surface area contributed by atoms with Crippen LogP contribution in [0.1, 0.15) is 18.1 Å². The Morgan fingerprint density at radius 1 is 0.955 bits per heavy atom. The highest BCUT2D eigenvalue weighted by Gasteiger charge is 2.51. The molecule has 1 N–H and O–H groups in total. The highest BCUT2D eigenvalue weighted by atomic mass is 16.2. The van der Waals surface area contributed by atoms with Gasteiger partial charge in [0.2, 0.25) is 0 Å². The minimum atomic E-state index is -1.02. The van der Waals surface area contributed by atoms with Crippen molar-refractivity contribution < 1.29 is 9.59 Å². The Morgan fingerprint density at radius 2 is 1.55 bits per heavy atom. The number of amides is 3. The van der Waals surface area contributed by atoms with E-state index in [-0.39, 0.29) is 11.9 Å². The summed E-state index contributed by atoms with van der Waals surface area (Å²) in [6.07, 6.45) is 0.443. The number of benzene rings is 2. The number of urea groups is 1. The first-order valence-electron chi connectivity index (χ1n) is 7.41. The molecule has 4 nitrogen and oxygen atoms in total. The monoisotopic (exact) mass is 294 g/mol. The van der Waals surface area contributed by atoms with Gasteiger partial charge in [0.05, 0.1) is 0 Å². The van der Waals surface area contributed by atoms with Gasteiger partial charge in [0, 0.05) is 13.0 Å². The average molecular weight is 294 g/mol. The van der Waals surface area contributed by atoms with E-state index < -0.39 is 5.54 Å². The number of carbonyl (C=O) groups is 2. The molecule has 4 heteroatoms. The molecule has 1 atom stereocenters. The Labute approximate surface area is 129 Å². The molecule has 3 rings (SSSR count). The number of nitrogens with zero attached hydrogens (tertiary/aromatic N) is 1. The third-order valence-corrected chi connectivity index (χ3v) is 4.07. The van der Waals surface area contributed by atoms with Crippen molar-refractivity contribution in [3.05, 3.63) is 71.8 Å². The molecule has 3 amide bonds. The van der Waals surface area contributed by atoms with Crippen molar-refractivity contribution in [2.45, 2.75) is 18.9 Å². The zero-order valence-corrected chi connectivity index (χ0v) is 12.5. The van der Waals surface area contributed by atoms with Gasteiger partial charge < -0.3 is 5.32 Å². The fourth-order valence-electron chi connectivity index (χ4n) is 2.96. The first-order valence-corrected chi connectivity index (χ1v) is 7.41. The van der Waals surface area contributed by atoms with Crippen molar-refractivity contribution in [1.82, 2.24) is 10.2 Å². The Kier molecular flexibility index (Phi) is 3.67. The van der Waals surface area contributed by atoms with Crippen LogP contribution in [0.5, 0.6) is 0 Å². The number of likely N-dealkylation sites (N-methyl/N-ethyl adjacent to an activating group) is 1. The summed E-state index contributed by atoms with van der Waals surface area (Å²) < 4.78 is 0. The van der Waals surface area contributed by atoms with Crippen LogP contribution in [0, 0.1) is 0 Å². The van der Waals surface area contributed by atoms with E-state index >= 15 is 0 Å². The third kappa shape index (κ3) is 2.26. The van der Waals surface area contributed by atoms with Gasteiger partial charge in [0.25, 0.3) is 5.91 Å². The Balaban J connectivity index is 2.08. The number of hydrogen-bond acceptors (Lipinski definition) is 2. The van der Waals surface area contributed by atoms with Gasteiger partial charge in [-0.1, -0.05) is 60.7 Å². The van der Waals surface area contributed by atoms with Gasteiger partial charge in [-0.15, -0.1) is 0 Å². The molecular formula is C18H18N2O2. The summed E-state index contributed by atoms with van der Waals surface area (Å²) in [7, 11) is 0. The van der Waals surface area contributed by atoms with E-state index in [1.165, 1.54) is 4.90 Å². The van der Waals surface area contributed by atoms with Gasteiger partial charge in [-0.25, -0.2) is 4.79 Å². The molecular weight excluding hydrogens is 276 g/mol. The van der Waals surface area contributed by atoms with E-state index in [0.717, 1.165) is 11.1 Å². The lowest BCUT2D eigenvalue weighted by molar-refractivity contribution is -0.131. The van der Waals surface area contributed by atoms with E-state index in [9.17, 15) is 9.59 Å². The van der Waals surface area contributed by atoms with Crippen molar-refractivity contribution in [2.24, 2.45) is 0 Å². The summed E-state index contributed by atoms with van der Waals surface area (Å²) >= 11 is 0. The largest absolute Gasteiger partial charge is 0.325 e. The van der Waals surface area contributed by atoms with E-state index in [1.54, 1.807) is 6.92 Å². The van der Waals surface area contributed by atoms with Crippen molar-refractivity contribution in [1.29, 1.82) is 0 Å². The Bertz CT molecular complexity index is 685. The van der Waals surface area contributed by atoms with Crippen molar-refractivity contribution in [3.63, 3.8) is 0 Å². The van der Waals surface area contributed by atoms with E-state index in [4.69, 9.17) is 0 Å². The SMILES string of the molecule is CCN1C(=O)N[C@@](Cc2ccccc2)(c2ccccc2)C1=O. The lowest BCUT2D eigenvalue weighted by atomic mass is 9.83. The predicted molar refractivity (Wildman–Crippen MR) is 84.2 cm³/mol. The van der Waals surface area contributed by atoms with E-state index in [2.05, 4.69) is 5.32 Å². The summed E-state index contributed by atoms with van der Waals surface area (Å²) in [4.78, 5) is 26.4. The highest BCUT2D eigenvalue weighted by molar-refractivity contribution is 6.07. The number of nitrogens with one attached hydrogen (secondary N) is 1. The van der Waals surface area contributed by atoms with Crippen molar-refractivity contribution in [3.8, 4) is 0 Å². The summed E-state index contributed by atoms with van der Waals surface area (Å²) in [6, 6.07) is 18.9. The second-order valence-electron chi connectivity index (χ2n) is 5.41. The maximum Gasteiger partial charge on any atom is 0.325 e. The molecule has 112 valence electrons. The van der Waals surface area contributed by atoms with Gasteiger partial charge in [-0.2, -0.15) is 0 Å². The second kappa shape index (κ2) is 5.64. The number of carbonyl (C=O) groups excluding carboxylic acids is 2. The molecule has 2 aromatic carbocycles. The summed E-state index contributed by atoms with van der Waals surface area (Å²) in [5, 5.41) is 2.92. The molecule has 1 fully saturated rings. The quantitative estimate of drug-likeness (QED) is 0.881. The average Bonchev–Trinajstić information content (AvgIpc) is 2.80.